The van der Waals surface area contributed by atoms with E-state index in [1.165, 1.54) is 12.8 Å². The van der Waals surface area contributed by atoms with Gasteiger partial charge in [0, 0.05) is 24.3 Å². The Morgan fingerprint density at radius 3 is 2.67 bits per heavy atom. The minimum absolute atomic E-state index is 0.178. The van der Waals surface area contributed by atoms with E-state index in [1.807, 2.05) is 49.5 Å². The van der Waals surface area contributed by atoms with Crippen LogP contribution >= 0.6 is 0 Å². The van der Waals surface area contributed by atoms with Crippen LogP contribution in [0.15, 0.2) is 22.8 Å². The van der Waals surface area contributed by atoms with Gasteiger partial charge in [0.15, 0.2) is 0 Å². The Balaban J connectivity index is 1.87. The SMILES string of the molecule is Cc1nn(C)c(C)c1C(C)C(=O)N(Cc1ccco1)C1CCCC1. The predicted octanol–water partition coefficient (Wildman–Crippen LogP) is 3.70. The van der Waals surface area contributed by atoms with Crippen LogP contribution in [0.5, 0.6) is 0 Å². The van der Waals surface area contributed by atoms with Gasteiger partial charge in [-0.25, -0.2) is 0 Å². The van der Waals surface area contributed by atoms with E-state index in [0.717, 1.165) is 35.6 Å². The fraction of sp³-hybridized carbons (Fsp3) is 0.579. The van der Waals surface area contributed by atoms with Crippen molar-refractivity contribution >= 4 is 5.91 Å². The third-order valence-corrected chi connectivity index (χ3v) is 5.32. The average Bonchev–Trinajstić information content (AvgIpc) is 3.28. The van der Waals surface area contributed by atoms with Gasteiger partial charge < -0.3 is 9.32 Å². The standard InChI is InChI=1S/C19H27N3O2/c1-13(18-14(2)20-21(4)15(18)3)19(23)22(16-8-5-6-9-16)12-17-10-7-11-24-17/h7,10-11,13,16H,5-6,8-9,12H2,1-4H3. The van der Waals surface area contributed by atoms with Crippen molar-refractivity contribution in [1.29, 1.82) is 0 Å². The van der Waals surface area contributed by atoms with E-state index in [4.69, 9.17) is 4.42 Å². The van der Waals surface area contributed by atoms with Gasteiger partial charge in [-0.15, -0.1) is 0 Å². The number of carbonyl (C=O) groups excluding carboxylic acids is 1. The van der Waals surface area contributed by atoms with Gasteiger partial charge in [0.1, 0.15) is 5.76 Å². The second-order valence-electron chi connectivity index (χ2n) is 6.91. The number of aryl methyl sites for hydroxylation is 2. The highest BCUT2D eigenvalue weighted by Gasteiger charge is 2.32. The van der Waals surface area contributed by atoms with Crippen molar-refractivity contribution in [2.45, 2.75) is 65.0 Å². The first-order valence-electron chi connectivity index (χ1n) is 8.82. The molecule has 1 fully saturated rings. The normalized spacial score (nSPS) is 16.5. The molecule has 1 aliphatic carbocycles. The van der Waals surface area contributed by atoms with Gasteiger partial charge in [-0.1, -0.05) is 12.8 Å². The third-order valence-electron chi connectivity index (χ3n) is 5.32. The number of carbonyl (C=O) groups is 1. The maximum absolute atomic E-state index is 13.3. The summed E-state index contributed by atoms with van der Waals surface area (Å²) in [5.74, 6) is 0.842. The van der Waals surface area contributed by atoms with Crippen LogP contribution in [-0.2, 0) is 18.4 Å². The molecule has 2 aromatic rings. The zero-order chi connectivity index (χ0) is 17.3. The lowest BCUT2D eigenvalue weighted by molar-refractivity contribution is -0.135. The first-order valence-corrected chi connectivity index (χ1v) is 8.82. The van der Waals surface area contributed by atoms with Crippen LogP contribution in [0.3, 0.4) is 0 Å². The van der Waals surface area contributed by atoms with Crippen molar-refractivity contribution in [3.05, 3.63) is 41.1 Å². The Labute approximate surface area is 143 Å². The number of hydrogen-bond acceptors (Lipinski definition) is 3. The van der Waals surface area contributed by atoms with E-state index in [1.54, 1.807) is 6.26 Å². The molecule has 0 aromatic carbocycles. The van der Waals surface area contributed by atoms with Crippen molar-refractivity contribution < 1.29 is 9.21 Å². The van der Waals surface area contributed by atoms with Crippen molar-refractivity contribution in [1.82, 2.24) is 14.7 Å². The highest BCUT2D eigenvalue weighted by Crippen LogP contribution is 2.30. The van der Waals surface area contributed by atoms with E-state index < -0.39 is 0 Å². The largest absolute Gasteiger partial charge is 0.467 e. The van der Waals surface area contributed by atoms with Crippen LogP contribution in [-0.4, -0.2) is 26.6 Å². The zero-order valence-corrected chi connectivity index (χ0v) is 15.1. The molecule has 0 N–H and O–H groups in total. The molecular weight excluding hydrogens is 302 g/mol. The van der Waals surface area contributed by atoms with E-state index in [-0.39, 0.29) is 11.8 Å². The van der Waals surface area contributed by atoms with Crippen LogP contribution in [0.2, 0.25) is 0 Å². The van der Waals surface area contributed by atoms with Crippen molar-refractivity contribution in [2.75, 3.05) is 0 Å². The zero-order valence-electron chi connectivity index (χ0n) is 15.1. The van der Waals surface area contributed by atoms with Crippen LogP contribution in [0.4, 0.5) is 0 Å². The van der Waals surface area contributed by atoms with Gasteiger partial charge >= 0.3 is 0 Å². The molecule has 1 amide bonds. The molecule has 0 saturated heterocycles. The summed E-state index contributed by atoms with van der Waals surface area (Å²) in [5, 5.41) is 4.47. The lowest BCUT2D eigenvalue weighted by atomic mass is 9.96. The molecule has 1 atom stereocenters. The van der Waals surface area contributed by atoms with Crippen LogP contribution < -0.4 is 0 Å². The summed E-state index contributed by atoms with van der Waals surface area (Å²) in [6, 6.07) is 4.15. The molecular formula is C19H27N3O2. The molecule has 24 heavy (non-hydrogen) atoms. The number of nitrogens with zero attached hydrogens (tertiary/aromatic N) is 3. The first kappa shape index (κ1) is 16.8. The summed E-state index contributed by atoms with van der Waals surface area (Å²) in [6.07, 6.45) is 6.25. The van der Waals surface area contributed by atoms with Gasteiger partial charge in [-0.3, -0.25) is 9.48 Å². The second kappa shape index (κ2) is 6.83. The molecule has 0 aliphatic heterocycles. The predicted molar refractivity (Wildman–Crippen MR) is 92.6 cm³/mol. The Morgan fingerprint density at radius 2 is 2.12 bits per heavy atom. The summed E-state index contributed by atoms with van der Waals surface area (Å²) in [7, 11) is 1.93. The van der Waals surface area contributed by atoms with Crippen molar-refractivity contribution in [3.8, 4) is 0 Å². The summed E-state index contributed by atoms with van der Waals surface area (Å²) >= 11 is 0. The van der Waals surface area contributed by atoms with E-state index in [2.05, 4.69) is 5.10 Å². The highest BCUT2D eigenvalue weighted by molar-refractivity contribution is 5.84. The monoisotopic (exact) mass is 329 g/mol. The Hall–Kier alpha value is -2.04. The smallest absolute Gasteiger partial charge is 0.230 e. The molecule has 5 heteroatoms. The fourth-order valence-corrected chi connectivity index (χ4v) is 3.96. The van der Waals surface area contributed by atoms with Gasteiger partial charge in [-0.05, 0) is 45.7 Å². The minimum Gasteiger partial charge on any atom is -0.467 e. The van der Waals surface area contributed by atoms with Crippen molar-refractivity contribution in [2.24, 2.45) is 7.05 Å². The number of aromatic nitrogens is 2. The topological polar surface area (TPSA) is 51.3 Å². The number of furan rings is 1. The molecule has 1 aliphatic rings. The molecule has 2 heterocycles. The van der Waals surface area contributed by atoms with Gasteiger partial charge in [0.2, 0.25) is 5.91 Å². The molecule has 0 radical (unpaired) electrons. The van der Waals surface area contributed by atoms with Crippen LogP contribution in [0.1, 0.15) is 61.2 Å². The summed E-state index contributed by atoms with van der Waals surface area (Å²) in [4.78, 5) is 15.3. The lowest BCUT2D eigenvalue weighted by Gasteiger charge is -2.31. The minimum atomic E-state index is -0.186. The van der Waals surface area contributed by atoms with Crippen molar-refractivity contribution in [3.63, 3.8) is 0 Å². The number of amides is 1. The number of rotatable bonds is 5. The highest BCUT2D eigenvalue weighted by atomic mass is 16.3. The van der Waals surface area contributed by atoms with Crippen LogP contribution in [0, 0.1) is 13.8 Å². The van der Waals surface area contributed by atoms with Gasteiger partial charge in [0.05, 0.1) is 24.4 Å². The lowest BCUT2D eigenvalue weighted by Crippen LogP contribution is -2.40. The molecule has 0 bridgehead atoms. The first-order chi connectivity index (χ1) is 11.5. The maximum Gasteiger partial charge on any atom is 0.230 e. The molecule has 1 unspecified atom stereocenters. The Morgan fingerprint density at radius 1 is 1.42 bits per heavy atom. The Bertz CT molecular complexity index is 697. The summed E-state index contributed by atoms with van der Waals surface area (Å²) < 4.78 is 7.36. The fourth-order valence-electron chi connectivity index (χ4n) is 3.96. The molecule has 2 aromatic heterocycles. The third kappa shape index (κ3) is 3.12. The van der Waals surface area contributed by atoms with E-state index >= 15 is 0 Å². The molecule has 3 rings (SSSR count). The molecule has 0 spiro atoms. The molecule has 130 valence electrons. The molecule has 1 saturated carbocycles. The summed E-state index contributed by atoms with van der Waals surface area (Å²) in [5.41, 5.74) is 3.07. The number of hydrogen-bond donors (Lipinski definition) is 0. The van der Waals surface area contributed by atoms with Gasteiger partial charge in [-0.2, -0.15) is 5.10 Å². The second-order valence-corrected chi connectivity index (χ2v) is 6.91. The van der Waals surface area contributed by atoms with E-state index in [9.17, 15) is 4.79 Å². The van der Waals surface area contributed by atoms with E-state index in [0.29, 0.717) is 12.6 Å². The Kier molecular flexibility index (Phi) is 4.78. The molecule has 5 nitrogen and oxygen atoms in total. The quantitative estimate of drug-likeness (QED) is 0.840. The van der Waals surface area contributed by atoms with Crippen LogP contribution in [0.25, 0.3) is 0 Å². The average molecular weight is 329 g/mol. The van der Waals surface area contributed by atoms with Gasteiger partial charge in [0.25, 0.3) is 0 Å². The summed E-state index contributed by atoms with van der Waals surface area (Å²) in [6.45, 7) is 6.58. The maximum atomic E-state index is 13.3.